The fraction of sp³-hybridized carbons (Fsp3) is 0.545. The molecule has 3 heterocycles. The van der Waals surface area contributed by atoms with Gasteiger partial charge in [0.05, 0.1) is 11.6 Å². The first-order valence-electron chi connectivity index (χ1n) is 6.07. The maximum absolute atomic E-state index is 5.42. The second-order valence-electron chi connectivity index (χ2n) is 5.22. The molecule has 1 aliphatic heterocycles. The smallest absolute Gasteiger partial charge is 0.241 e. The number of fused-ring (bicyclic) bond motifs is 1. The van der Waals surface area contributed by atoms with Gasteiger partial charge < -0.3 is 4.90 Å². The zero-order valence-electron chi connectivity index (χ0n) is 10.6. The monoisotopic (exact) mass is 247 g/mol. The molecule has 0 bridgehead atoms. The number of anilines is 2. The average Bonchev–Trinajstić information content (AvgIpc) is 2.93. The molecule has 1 saturated heterocycles. The maximum atomic E-state index is 5.42. The van der Waals surface area contributed by atoms with Crippen LogP contribution in [0.2, 0.25) is 0 Å². The Bertz CT molecular complexity index is 574. The Hall–Kier alpha value is -1.89. The quantitative estimate of drug-likeness (QED) is 0.541. The molecule has 0 spiro atoms. The SMILES string of the molecule is CC1(C)CCCN1c1nc(NN)nc2[nH]ncc12. The van der Waals surface area contributed by atoms with E-state index in [2.05, 4.69) is 44.3 Å². The van der Waals surface area contributed by atoms with Gasteiger partial charge in [-0.3, -0.25) is 10.5 Å². The van der Waals surface area contributed by atoms with E-state index in [1.807, 2.05) is 0 Å². The van der Waals surface area contributed by atoms with Crippen molar-refractivity contribution in [1.82, 2.24) is 20.2 Å². The van der Waals surface area contributed by atoms with Crippen LogP contribution in [-0.2, 0) is 0 Å². The van der Waals surface area contributed by atoms with E-state index in [4.69, 9.17) is 5.84 Å². The van der Waals surface area contributed by atoms with E-state index in [0.29, 0.717) is 11.6 Å². The van der Waals surface area contributed by atoms with Gasteiger partial charge in [0.1, 0.15) is 5.82 Å². The number of hydrogen-bond donors (Lipinski definition) is 3. The zero-order chi connectivity index (χ0) is 12.8. The normalized spacial score (nSPS) is 18.5. The van der Waals surface area contributed by atoms with Crippen molar-refractivity contribution in [3.8, 4) is 0 Å². The van der Waals surface area contributed by atoms with Gasteiger partial charge in [-0.15, -0.1) is 0 Å². The summed E-state index contributed by atoms with van der Waals surface area (Å²) in [5, 5.41) is 7.83. The van der Waals surface area contributed by atoms with E-state index >= 15 is 0 Å². The molecule has 0 aliphatic carbocycles. The summed E-state index contributed by atoms with van der Waals surface area (Å²) in [6.07, 6.45) is 4.09. The van der Waals surface area contributed by atoms with Crippen LogP contribution in [0, 0.1) is 0 Å². The molecule has 0 saturated carbocycles. The molecule has 7 heteroatoms. The standard InChI is InChI=1S/C11H17N7/c1-11(2)4-3-5-18(11)9-7-6-13-17-8(7)14-10(15-9)16-12/h6H,3-5,12H2,1-2H3,(H2,13,14,15,16,17). The van der Waals surface area contributed by atoms with E-state index < -0.39 is 0 Å². The van der Waals surface area contributed by atoms with Gasteiger partial charge in [-0.05, 0) is 26.7 Å². The number of rotatable bonds is 2. The minimum Gasteiger partial charge on any atom is -0.351 e. The van der Waals surface area contributed by atoms with Gasteiger partial charge in [-0.1, -0.05) is 0 Å². The van der Waals surface area contributed by atoms with Crippen molar-refractivity contribution in [2.45, 2.75) is 32.2 Å². The molecular formula is C11H17N7. The summed E-state index contributed by atoms with van der Waals surface area (Å²) < 4.78 is 0. The summed E-state index contributed by atoms with van der Waals surface area (Å²) in [6.45, 7) is 5.45. The second-order valence-corrected chi connectivity index (χ2v) is 5.22. The molecular weight excluding hydrogens is 230 g/mol. The summed E-state index contributed by atoms with van der Waals surface area (Å²) in [7, 11) is 0. The summed E-state index contributed by atoms with van der Waals surface area (Å²) in [5.41, 5.74) is 3.31. The molecule has 0 atom stereocenters. The lowest BCUT2D eigenvalue weighted by Crippen LogP contribution is -2.39. The van der Waals surface area contributed by atoms with Crippen molar-refractivity contribution < 1.29 is 0 Å². The molecule has 0 unspecified atom stereocenters. The van der Waals surface area contributed by atoms with E-state index in [9.17, 15) is 0 Å². The number of H-pyrrole nitrogens is 1. The van der Waals surface area contributed by atoms with E-state index in [1.54, 1.807) is 6.20 Å². The second kappa shape index (κ2) is 3.81. The van der Waals surface area contributed by atoms with E-state index in [-0.39, 0.29) is 5.54 Å². The highest BCUT2D eigenvalue weighted by Gasteiger charge is 2.34. The molecule has 4 N–H and O–H groups in total. The highest BCUT2D eigenvalue weighted by molar-refractivity contribution is 5.88. The molecule has 0 radical (unpaired) electrons. The van der Waals surface area contributed by atoms with Gasteiger partial charge in [-0.25, -0.2) is 5.84 Å². The number of nitrogens with one attached hydrogen (secondary N) is 2. The zero-order valence-corrected chi connectivity index (χ0v) is 10.6. The first-order chi connectivity index (χ1) is 8.62. The van der Waals surface area contributed by atoms with E-state index in [0.717, 1.165) is 24.2 Å². The largest absolute Gasteiger partial charge is 0.351 e. The van der Waals surface area contributed by atoms with Gasteiger partial charge in [0.2, 0.25) is 5.95 Å². The highest BCUT2D eigenvalue weighted by Crippen LogP contribution is 2.35. The Morgan fingerprint density at radius 1 is 1.44 bits per heavy atom. The third-order valence-electron chi connectivity index (χ3n) is 3.58. The first-order valence-corrected chi connectivity index (χ1v) is 6.07. The molecule has 2 aromatic heterocycles. The number of hydrogen-bond acceptors (Lipinski definition) is 6. The first kappa shape index (κ1) is 11.2. The van der Waals surface area contributed by atoms with Crippen molar-refractivity contribution in [2.24, 2.45) is 5.84 Å². The van der Waals surface area contributed by atoms with Crippen molar-refractivity contribution in [2.75, 3.05) is 16.9 Å². The molecule has 2 aromatic rings. The topological polar surface area (TPSA) is 95.8 Å². The molecule has 1 fully saturated rings. The number of nitrogens with two attached hydrogens (primary N) is 1. The molecule has 7 nitrogen and oxygen atoms in total. The van der Waals surface area contributed by atoms with Gasteiger partial charge in [-0.2, -0.15) is 15.1 Å². The maximum Gasteiger partial charge on any atom is 0.241 e. The Kier molecular flexibility index (Phi) is 2.37. The average molecular weight is 247 g/mol. The molecule has 3 rings (SSSR count). The highest BCUT2D eigenvalue weighted by atomic mass is 15.3. The number of aromatic nitrogens is 4. The lowest BCUT2D eigenvalue weighted by Gasteiger charge is -2.33. The van der Waals surface area contributed by atoms with Crippen molar-refractivity contribution in [3.63, 3.8) is 0 Å². The van der Waals surface area contributed by atoms with Crippen LogP contribution < -0.4 is 16.2 Å². The van der Waals surface area contributed by atoms with Crippen LogP contribution in [0.1, 0.15) is 26.7 Å². The number of hydrazine groups is 1. The molecule has 1 aliphatic rings. The van der Waals surface area contributed by atoms with E-state index in [1.165, 1.54) is 6.42 Å². The van der Waals surface area contributed by atoms with Crippen LogP contribution in [0.4, 0.5) is 11.8 Å². The van der Waals surface area contributed by atoms with Crippen LogP contribution in [0.15, 0.2) is 6.20 Å². The summed E-state index contributed by atoms with van der Waals surface area (Å²) in [4.78, 5) is 11.0. The summed E-state index contributed by atoms with van der Waals surface area (Å²) >= 11 is 0. The van der Waals surface area contributed by atoms with Gasteiger partial charge in [0, 0.05) is 12.1 Å². The molecule has 0 aromatic carbocycles. The van der Waals surface area contributed by atoms with Crippen LogP contribution in [-0.4, -0.2) is 32.2 Å². The van der Waals surface area contributed by atoms with Crippen LogP contribution in [0.25, 0.3) is 11.0 Å². The molecule has 0 amide bonds. The minimum atomic E-state index is 0.102. The number of aromatic amines is 1. The van der Waals surface area contributed by atoms with Crippen LogP contribution in [0.5, 0.6) is 0 Å². The lowest BCUT2D eigenvalue weighted by atomic mass is 10.0. The predicted octanol–water partition coefficient (Wildman–Crippen LogP) is 1.02. The Morgan fingerprint density at radius 3 is 2.94 bits per heavy atom. The van der Waals surface area contributed by atoms with Gasteiger partial charge >= 0.3 is 0 Å². The van der Waals surface area contributed by atoms with Crippen molar-refractivity contribution in [3.05, 3.63) is 6.20 Å². The van der Waals surface area contributed by atoms with Crippen LogP contribution in [0.3, 0.4) is 0 Å². The Balaban J connectivity index is 2.18. The van der Waals surface area contributed by atoms with Crippen molar-refractivity contribution >= 4 is 22.8 Å². The summed E-state index contributed by atoms with van der Waals surface area (Å²) in [5.74, 6) is 6.72. The lowest BCUT2D eigenvalue weighted by molar-refractivity contribution is 0.515. The third-order valence-corrected chi connectivity index (χ3v) is 3.58. The molecule has 96 valence electrons. The Morgan fingerprint density at radius 2 is 2.28 bits per heavy atom. The Labute approximate surface area is 105 Å². The molecule has 18 heavy (non-hydrogen) atoms. The van der Waals surface area contributed by atoms with Crippen LogP contribution >= 0.6 is 0 Å². The fourth-order valence-corrected chi connectivity index (χ4v) is 2.59. The van der Waals surface area contributed by atoms with Gasteiger partial charge in [0.25, 0.3) is 0 Å². The number of nitrogens with zero attached hydrogens (tertiary/aromatic N) is 4. The minimum absolute atomic E-state index is 0.102. The number of nitrogen functional groups attached to an aromatic ring is 1. The van der Waals surface area contributed by atoms with Crippen molar-refractivity contribution in [1.29, 1.82) is 0 Å². The van der Waals surface area contributed by atoms with Gasteiger partial charge in [0.15, 0.2) is 5.65 Å². The predicted molar refractivity (Wildman–Crippen MR) is 70.2 cm³/mol. The third kappa shape index (κ3) is 1.59. The summed E-state index contributed by atoms with van der Waals surface area (Å²) in [6, 6.07) is 0. The fourth-order valence-electron chi connectivity index (χ4n) is 2.59.